The monoisotopic (exact) mass is 446 g/mol. The molecule has 1 aliphatic heterocycles. The van der Waals surface area contributed by atoms with Crippen LogP contribution in [0.25, 0.3) is 0 Å². The van der Waals surface area contributed by atoms with E-state index in [1.165, 1.54) is 0 Å². The van der Waals surface area contributed by atoms with E-state index in [1.54, 1.807) is 47.4 Å². The Morgan fingerprint density at radius 1 is 1.14 bits per heavy atom. The van der Waals surface area contributed by atoms with Gasteiger partial charge in [0.1, 0.15) is 5.75 Å². The molecule has 0 bridgehead atoms. The lowest BCUT2D eigenvalue weighted by molar-refractivity contribution is 0.0303. The fourth-order valence-corrected chi connectivity index (χ4v) is 3.37. The number of morpholine rings is 1. The standard InChI is InChI=1S/C21H23BrN2O4/c1-14(2)28-19-8-7-15(13-17(19)22)20(25)23-18-6-4-3-5-16(18)21(26)24-9-11-27-12-10-24/h3-8,13-14H,9-12H2,1-2H3,(H,23,25). The van der Waals surface area contributed by atoms with Gasteiger partial charge < -0.3 is 19.7 Å². The van der Waals surface area contributed by atoms with E-state index in [0.29, 0.717) is 53.3 Å². The zero-order chi connectivity index (χ0) is 20.1. The molecule has 2 amide bonds. The lowest BCUT2D eigenvalue weighted by Gasteiger charge is -2.27. The van der Waals surface area contributed by atoms with E-state index in [-0.39, 0.29) is 17.9 Å². The predicted molar refractivity (Wildman–Crippen MR) is 111 cm³/mol. The minimum absolute atomic E-state index is 0.0362. The molecule has 1 heterocycles. The van der Waals surface area contributed by atoms with Gasteiger partial charge in [-0.2, -0.15) is 0 Å². The van der Waals surface area contributed by atoms with Gasteiger partial charge in [0.15, 0.2) is 0 Å². The van der Waals surface area contributed by atoms with Crippen LogP contribution in [0.3, 0.4) is 0 Å². The van der Waals surface area contributed by atoms with Gasteiger partial charge in [-0.1, -0.05) is 12.1 Å². The summed E-state index contributed by atoms with van der Waals surface area (Å²) < 4.78 is 11.7. The van der Waals surface area contributed by atoms with E-state index < -0.39 is 0 Å². The number of carbonyl (C=O) groups is 2. The van der Waals surface area contributed by atoms with Crippen molar-refractivity contribution in [1.29, 1.82) is 0 Å². The van der Waals surface area contributed by atoms with Crippen molar-refractivity contribution in [2.75, 3.05) is 31.6 Å². The molecular weight excluding hydrogens is 424 g/mol. The van der Waals surface area contributed by atoms with E-state index in [9.17, 15) is 9.59 Å². The molecule has 1 saturated heterocycles. The Kier molecular flexibility index (Phi) is 6.70. The average molecular weight is 447 g/mol. The number of amides is 2. The molecule has 0 atom stereocenters. The van der Waals surface area contributed by atoms with Gasteiger partial charge in [0.25, 0.3) is 11.8 Å². The molecule has 1 fully saturated rings. The van der Waals surface area contributed by atoms with Crippen molar-refractivity contribution in [2.45, 2.75) is 20.0 Å². The van der Waals surface area contributed by atoms with Gasteiger partial charge in [0.05, 0.1) is 35.0 Å². The molecule has 6 nitrogen and oxygen atoms in total. The molecule has 28 heavy (non-hydrogen) atoms. The molecule has 7 heteroatoms. The third kappa shape index (κ3) is 4.91. The zero-order valence-corrected chi connectivity index (χ0v) is 17.5. The smallest absolute Gasteiger partial charge is 0.256 e. The normalized spacial score (nSPS) is 14.1. The van der Waals surface area contributed by atoms with Gasteiger partial charge in [0, 0.05) is 18.7 Å². The number of ether oxygens (including phenoxy) is 2. The summed E-state index contributed by atoms with van der Waals surface area (Å²) in [6, 6.07) is 12.2. The Bertz CT molecular complexity index is 863. The topological polar surface area (TPSA) is 67.9 Å². The highest BCUT2D eigenvalue weighted by atomic mass is 79.9. The van der Waals surface area contributed by atoms with Crippen LogP contribution in [0.1, 0.15) is 34.6 Å². The van der Waals surface area contributed by atoms with E-state index in [2.05, 4.69) is 21.2 Å². The van der Waals surface area contributed by atoms with Crippen LogP contribution >= 0.6 is 15.9 Å². The molecule has 0 spiro atoms. The van der Waals surface area contributed by atoms with Crippen molar-refractivity contribution in [1.82, 2.24) is 4.90 Å². The summed E-state index contributed by atoms with van der Waals surface area (Å²) in [7, 11) is 0. The molecular formula is C21H23BrN2O4. The van der Waals surface area contributed by atoms with E-state index in [1.807, 2.05) is 13.8 Å². The van der Waals surface area contributed by atoms with E-state index in [0.717, 1.165) is 0 Å². The maximum Gasteiger partial charge on any atom is 0.256 e. The molecule has 0 aliphatic carbocycles. The SMILES string of the molecule is CC(C)Oc1ccc(C(=O)Nc2ccccc2C(=O)N2CCOCC2)cc1Br. The fraction of sp³-hybridized carbons (Fsp3) is 0.333. The van der Waals surface area contributed by atoms with Crippen LogP contribution in [0.15, 0.2) is 46.9 Å². The summed E-state index contributed by atoms with van der Waals surface area (Å²) in [6.45, 7) is 6.03. The Morgan fingerprint density at radius 3 is 2.54 bits per heavy atom. The number of nitrogens with zero attached hydrogens (tertiary/aromatic N) is 1. The highest BCUT2D eigenvalue weighted by Crippen LogP contribution is 2.27. The summed E-state index contributed by atoms with van der Waals surface area (Å²) in [5.41, 5.74) is 1.43. The lowest BCUT2D eigenvalue weighted by Crippen LogP contribution is -2.41. The van der Waals surface area contributed by atoms with Crippen molar-refractivity contribution in [3.8, 4) is 5.75 Å². The van der Waals surface area contributed by atoms with Crippen molar-refractivity contribution in [2.24, 2.45) is 0 Å². The maximum atomic E-state index is 12.8. The first-order chi connectivity index (χ1) is 13.5. The first-order valence-corrected chi connectivity index (χ1v) is 9.98. The Hall–Kier alpha value is -2.38. The van der Waals surface area contributed by atoms with Crippen molar-refractivity contribution in [3.63, 3.8) is 0 Å². The van der Waals surface area contributed by atoms with Crippen LogP contribution < -0.4 is 10.1 Å². The molecule has 0 radical (unpaired) electrons. The number of para-hydroxylation sites is 1. The molecule has 2 aromatic carbocycles. The Balaban J connectivity index is 1.77. The van der Waals surface area contributed by atoms with Gasteiger partial charge in [-0.05, 0) is 60.1 Å². The average Bonchev–Trinajstić information content (AvgIpc) is 2.69. The second-order valence-corrected chi connectivity index (χ2v) is 7.57. The van der Waals surface area contributed by atoms with Crippen LogP contribution in [0.2, 0.25) is 0 Å². The second kappa shape index (κ2) is 9.21. The summed E-state index contributed by atoms with van der Waals surface area (Å²) in [4.78, 5) is 27.3. The number of hydrogen-bond donors (Lipinski definition) is 1. The number of hydrogen-bond acceptors (Lipinski definition) is 4. The van der Waals surface area contributed by atoms with Gasteiger partial charge in [-0.25, -0.2) is 0 Å². The first kappa shape index (κ1) is 20.4. The first-order valence-electron chi connectivity index (χ1n) is 9.19. The predicted octanol–water partition coefficient (Wildman–Crippen LogP) is 3.96. The Labute approximate surface area is 172 Å². The maximum absolute atomic E-state index is 12.8. The number of benzene rings is 2. The van der Waals surface area contributed by atoms with Crippen molar-refractivity contribution >= 4 is 33.4 Å². The quantitative estimate of drug-likeness (QED) is 0.754. The molecule has 3 rings (SSSR count). The van der Waals surface area contributed by atoms with Crippen LogP contribution in [-0.2, 0) is 4.74 Å². The van der Waals surface area contributed by atoms with E-state index in [4.69, 9.17) is 9.47 Å². The van der Waals surface area contributed by atoms with Gasteiger partial charge >= 0.3 is 0 Å². The van der Waals surface area contributed by atoms with Crippen LogP contribution in [-0.4, -0.2) is 49.1 Å². The molecule has 0 saturated carbocycles. The zero-order valence-electron chi connectivity index (χ0n) is 15.9. The molecule has 1 aliphatic rings. The van der Waals surface area contributed by atoms with Gasteiger partial charge in [-0.15, -0.1) is 0 Å². The molecule has 148 valence electrons. The van der Waals surface area contributed by atoms with Crippen LogP contribution in [0, 0.1) is 0 Å². The highest BCUT2D eigenvalue weighted by molar-refractivity contribution is 9.10. The molecule has 0 unspecified atom stereocenters. The number of rotatable bonds is 5. The minimum atomic E-state index is -0.293. The van der Waals surface area contributed by atoms with Gasteiger partial charge in [-0.3, -0.25) is 9.59 Å². The molecule has 1 N–H and O–H groups in total. The third-order valence-corrected chi connectivity index (χ3v) is 4.88. The van der Waals surface area contributed by atoms with Crippen molar-refractivity contribution in [3.05, 3.63) is 58.1 Å². The van der Waals surface area contributed by atoms with Crippen molar-refractivity contribution < 1.29 is 19.1 Å². The summed E-state index contributed by atoms with van der Waals surface area (Å²) >= 11 is 3.44. The summed E-state index contributed by atoms with van der Waals surface area (Å²) in [5, 5.41) is 2.85. The third-order valence-electron chi connectivity index (χ3n) is 4.26. The lowest BCUT2D eigenvalue weighted by atomic mass is 10.1. The second-order valence-electron chi connectivity index (χ2n) is 6.72. The molecule has 0 aromatic heterocycles. The number of carbonyl (C=O) groups excluding carboxylic acids is 2. The van der Waals surface area contributed by atoms with E-state index >= 15 is 0 Å². The summed E-state index contributed by atoms with van der Waals surface area (Å²) in [6.07, 6.45) is 0.0362. The highest BCUT2D eigenvalue weighted by Gasteiger charge is 2.22. The largest absolute Gasteiger partial charge is 0.490 e. The fourth-order valence-electron chi connectivity index (χ4n) is 2.90. The van der Waals surface area contributed by atoms with Crippen LogP contribution in [0.4, 0.5) is 5.69 Å². The number of halogens is 1. The number of nitrogens with one attached hydrogen (secondary N) is 1. The minimum Gasteiger partial charge on any atom is -0.490 e. The van der Waals surface area contributed by atoms with Gasteiger partial charge in [0.2, 0.25) is 0 Å². The Morgan fingerprint density at radius 2 is 1.86 bits per heavy atom. The molecule has 2 aromatic rings. The van der Waals surface area contributed by atoms with Crippen LogP contribution in [0.5, 0.6) is 5.75 Å². The number of anilines is 1. The summed E-state index contributed by atoms with van der Waals surface area (Å²) in [5.74, 6) is 0.273.